The van der Waals surface area contributed by atoms with Crippen molar-refractivity contribution in [1.29, 1.82) is 0 Å². The van der Waals surface area contributed by atoms with Gasteiger partial charge in [0.1, 0.15) is 0 Å². The number of rotatable bonds is 5. The van der Waals surface area contributed by atoms with Crippen molar-refractivity contribution in [2.24, 2.45) is 41.4 Å². The fourth-order valence-corrected chi connectivity index (χ4v) is 6.86. The molecule has 0 N–H and O–H groups in total. The van der Waals surface area contributed by atoms with Gasteiger partial charge < -0.3 is 0 Å². The predicted octanol–water partition coefficient (Wildman–Crippen LogP) is 6.06. The van der Waals surface area contributed by atoms with Gasteiger partial charge in [0.25, 0.3) is 0 Å². The van der Waals surface area contributed by atoms with Gasteiger partial charge in [-0.05, 0) is 68.1 Å². The molecule has 1 unspecified atom stereocenters. The van der Waals surface area contributed by atoms with Crippen LogP contribution in [0.2, 0.25) is 0 Å². The van der Waals surface area contributed by atoms with Crippen LogP contribution in [0.15, 0.2) is 23.3 Å². The van der Waals surface area contributed by atoms with Crippen molar-refractivity contribution < 1.29 is 0 Å². The Bertz CT molecular complexity index is 541. The van der Waals surface area contributed by atoms with Gasteiger partial charge in [-0.2, -0.15) is 0 Å². The molecule has 0 aromatic rings. The maximum atomic E-state index is 2.84. The van der Waals surface area contributed by atoms with Crippen molar-refractivity contribution in [3.63, 3.8) is 0 Å². The second-order valence-electron chi connectivity index (χ2n) is 11.1. The van der Waals surface area contributed by atoms with E-state index in [2.05, 4.69) is 77.3 Å². The molecule has 2 aliphatic carbocycles. The molecule has 1 saturated heterocycles. The third-order valence-electron chi connectivity index (χ3n) is 8.10. The van der Waals surface area contributed by atoms with Crippen LogP contribution in [0.1, 0.15) is 68.2 Å². The number of hydrogen-bond acceptors (Lipinski definition) is 2. The molecule has 28 heavy (non-hydrogen) atoms. The van der Waals surface area contributed by atoms with E-state index in [1.54, 1.807) is 11.1 Å². The van der Waals surface area contributed by atoms with Crippen LogP contribution in [0.25, 0.3) is 0 Å². The molecule has 0 saturated carbocycles. The summed E-state index contributed by atoms with van der Waals surface area (Å²) < 4.78 is 0. The average molecular weight is 387 g/mol. The molecule has 3 rings (SSSR count). The first kappa shape index (κ1) is 22.1. The fourth-order valence-electron chi connectivity index (χ4n) is 6.86. The monoisotopic (exact) mass is 386 g/mol. The molecule has 0 aromatic carbocycles. The Hall–Kier alpha value is -0.600. The van der Waals surface area contributed by atoms with Gasteiger partial charge in [0.05, 0.1) is 6.17 Å². The smallest absolute Gasteiger partial charge is 0.0647 e. The van der Waals surface area contributed by atoms with Crippen LogP contribution in [0.5, 0.6) is 0 Å². The van der Waals surface area contributed by atoms with E-state index in [1.807, 2.05) is 0 Å². The van der Waals surface area contributed by atoms with Gasteiger partial charge >= 0.3 is 0 Å². The van der Waals surface area contributed by atoms with Gasteiger partial charge in [-0.3, -0.25) is 9.80 Å². The zero-order chi connectivity index (χ0) is 20.6. The zero-order valence-electron chi connectivity index (χ0n) is 19.9. The largest absolute Gasteiger partial charge is 0.286 e. The summed E-state index contributed by atoms with van der Waals surface area (Å²) in [5.41, 5.74) is 3.20. The summed E-state index contributed by atoms with van der Waals surface area (Å²) in [7, 11) is 0. The molecule has 0 spiro atoms. The van der Waals surface area contributed by atoms with Crippen molar-refractivity contribution in [3.05, 3.63) is 23.3 Å². The molecule has 1 aliphatic heterocycles. The second kappa shape index (κ2) is 9.04. The van der Waals surface area contributed by atoms with Crippen molar-refractivity contribution in [2.75, 3.05) is 26.2 Å². The van der Waals surface area contributed by atoms with E-state index < -0.39 is 0 Å². The van der Waals surface area contributed by atoms with Crippen molar-refractivity contribution in [2.45, 2.75) is 74.4 Å². The van der Waals surface area contributed by atoms with E-state index in [-0.39, 0.29) is 0 Å². The minimum absolute atomic E-state index is 0.623. The van der Waals surface area contributed by atoms with Crippen LogP contribution in [0.4, 0.5) is 0 Å². The van der Waals surface area contributed by atoms with Gasteiger partial charge in [0.15, 0.2) is 0 Å². The molecular weight excluding hydrogens is 340 g/mol. The normalized spacial score (nSPS) is 40.7. The highest BCUT2D eigenvalue weighted by Crippen LogP contribution is 2.38. The quantitative estimate of drug-likeness (QED) is 0.530. The fraction of sp³-hybridized carbons (Fsp3) is 0.846. The van der Waals surface area contributed by atoms with E-state index in [0.717, 1.165) is 35.5 Å². The molecule has 160 valence electrons. The summed E-state index contributed by atoms with van der Waals surface area (Å²) >= 11 is 0. The molecule has 0 radical (unpaired) electrons. The lowest BCUT2D eigenvalue weighted by Gasteiger charge is -2.42. The summed E-state index contributed by atoms with van der Waals surface area (Å²) in [6.45, 7) is 24.4. The number of allylic oxidation sites excluding steroid dienone is 4. The highest BCUT2D eigenvalue weighted by molar-refractivity contribution is 5.10. The van der Waals surface area contributed by atoms with E-state index in [0.29, 0.717) is 12.1 Å². The second-order valence-corrected chi connectivity index (χ2v) is 11.1. The SMILES string of the molecule is CC1=C[C@H](C)[C@@H](CN2CCN(C[C@H]3[C@@H](C)C=C(C)C[C@@H]3C)C2C(C)C)[C@H](C)C1. The third kappa shape index (κ3) is 4.75. The lowest BCUT2D eigenvalue weighted by Crippen LogP contribution is -2.48. The molecule has 0 bridgehead atoms. The average Bonchev–Trinajstić information content (AvgIpc) is 2.96. The Labute approximate surface area is 175 Å². The van der Waals surface area contributed by atoms with Crippen LogP contribution in [0.3, 0.4) is 0 Å². The minimum atomic E-state index is 0.623. The highest BCUT2D eigenvalue weighted by Gasteiger charge is 2.40. The van der Waals surface area contributed by atoms with Crippen LogP contribution < -0.4 is 0 Å². The van der Waals surface area contributed by atoms with E-state index >= 15 is 0 Å². The van der Waals surface area contributed by atoms with Gasteiger partial charge in [0, 0.05) is 26.2 Å². The third-order valence-corrected chi connectivity index (χ3v) is 8.10. The molecule has 3 aliphatic rings. The summed E-state index contributed by atoms with van der Waals surface area (Å²) in [6.07, 6.45) is 8.30. The topological polar surface area (TPSA) is 6.48 Å². The van der Waals surface area contributed by atoms with Crippen LogP contribution in [-0.4, -0.2) is 42.1 Å². The van der Waals surface area contributed by atoms with E-state index in [1.165, 1.54) is 39.0 Å². The molecule has 0 amide bonds. The van der Waals surface area contributed by atoms with Gasteiger partial charge in [-0.25, -0.2) is 0 Å². The lowest BCUT2D eigenvalue weighted by molar-refractivity contribution is 0.0439. The highest BCUT2D eigenvalue weighted by atomic mass is 15.4. The van der Waals surface area contributed by atoms with Crippen LogP contribution >= 0.6 is 0 Å². The first-order valence-electron chi connectivity index (χ1n) is 12.0. The standard InChI is InChI=1S/C26H46N2/c1-17(2)26-27(15-24-20(5)11-18(3)12-21(24)6)9-10-28(26)16-25-22(7)13-19(4)14-23(25)8/h11,13,17,20-26H,9-10,12,14-16H2,1-8H3/t20-,21-,22-,23+,24-,25+,26?/m0/s1. The van der Waals surface area contributed by atoms with Crippen molar-refractivity contribution >= 4 is 0 Å². The van der Waals surface area contributed by atoms with E-state index in [4.69, 9.17) is 0 Å². The Balaban J connectivity index is 1.69. The maximum absolute atomic E-state index is 2.84. The summed E-state index contributed by atoms with van der Waals surface area (Å²) in [4.78, 5) is 5.69. The molecule has 2 heteroatoms. The van der Waals surface area contributed by atoms with Crippen molar-refractivity contribution in [3.8, 4) is 0 Å². The van der Waals surface area contributed by atoms with Crippen LogP contribution in [-0.2, 0) is 0 Å². The summed E-state index contributed by atoms with van der Waals surface area (Å²) in [6, 6.07) is 0. The zero-order valence-corrected chi connectivity index (χ0v) is 19.9. The maximum Gasteiger partial charge on any atom is 0.0647 e. The molecule has 7 atom stereocenters. The molecule has 1 heterocycles. The number of hydrogen-bond donors (Lipinski definition) is 0. The Kier molecular flexibility index (Phi) is 7.14. The predicted molar refractivity (Wildman–Crippen MR) is 122 cm³/mol. The Morgan fingerprint density at radius 2 is 1.18 bits per heavy atom. The molecule has 2 nitrogen and oxygen atoms in total. The molecule has 0 aromatic heterocycles. The van der Waals surface area contributed by atoms with Gasteiger partial charge in [0.2, 0.25) is 0 Å². The Morgan fingerprint density at radius 3 is 1.50 bits per heavy atom. The van der Waals surface area contributed by atoms with Gasteiger partial charge in [-0.1, -0.05) is 64.8 Å². The van der Waals surface area contributed by atoms with Crippen molar-refractivity contribution in [1.82, 2.24) is 9.80 Å². The lowest BCUT2D eigenvalue weighted by atomic mass is 9.74. The molecule has 1 fully saturated rings. The van der Waals surface area contributed by atoms with Crippen LogP contribution in [0, 0.1) is 41.4 Å². The minimum Gasteiger partial charge on any atom is -0.286 e. The first-order chi connectivity index (χ1) is 13.2. The summed E-state index contributed by atoms with van der Waals surface area (Å²) in [5.74, 6) is 5.38. The Morgan fingerprint density at radius 1 is 0.786 bits per heavy atom. The summed E-state index contributed by atoms with van der Waals surface area (Å²) in [5, 5.41) is 0. The van der Waals surface area contributed by atoms with E-state index in [9.17, 15) is 0 Å². The first-order valence-corrected chi connectivity index (χ1v) is 12.0. The molecular formula is C26H46N2. The number of nitrogens with zero attached hydrogens (tertiary/aromatic N) is 2. The van der Waals surface area contributed by atoms with Gasteiger partial charge in [-0.15, -0.1) is 0 Å².